The highest BCUT2D eigenvalue weighted by molar-refractivity contribution is 5.10. The Balaban J connectivity index is 2.86. The smallest absolute Gasteiger partial charge is 0.331 e. The molecule has 1 aromatic rings. The molecule has 0 aliphatic carbocycles. The van der Waals surface area contributed by atoms with Gasteiger partial charge in [-0.3, -0.25) is 14.3 Å². The highest BCUT2D eigenvalue weighted by atomic mass is 19.1. The molecule has 0 aliphatic rings. The van der Waals surface area contributed by atoms with Crippen LogP contribution < -0.4 is 11.2 Å². The van der Waals surface area contributed by atoms with Gasteiger partial charge in [0, 0.05) is 6.04 Å². The fourth-order valence-corrected chi connectivity index (χ4v) is 1.92. The van der Waals surface area contributed by atoms with Crippen molar-refractivity contribution in [2.45, 2.75) is 52.0 Å². The summed E-state index contributed by atoms with van der Waals surface area (Å²) in [5.41, 5.74) is -1.96. The van der Waals surface area contributed by atoms with Crippen molar-refractivity contribution in [3.63, 3.8) is 0 Å². The lowest BCUT2D eigenvalue weighted by molar-refractivity contribution is 0.327. The van der Waals surface area contributed by atoms with E-state index < -0.39 is 22.9 Å². The van der Waals surface area contributed by atoms with Crippen molar-refractivity contribution in [3.05, 3.63) is 26.7 Å². The summed E-state index contributed by atoms with van der Waals surface area (Å²) in [5.74, 6) is -2.19. The Hall–Kier alpha value is -1.59. The van der Waals surface area contributed by atoms with Crippen LogP contribution in [0.5, 0.6) is 5.88 Å². The summed E-state index contributed by atoms with van der Waals surface area (Å²) in [7, 11) is 0. The number of H-pyrrole nitrogens is 1. The van der Waals surface area contributed by atoms with Crippen molar-refractivity contribution < 1.29 is 9.50 Å². The van der Waals surface area contributed by atoms with E-state index in [9.17, 15) is 19.1 Å². The molecule has 0 aromatic carbocycles. The third-order valence-electron chi connectivity index (χ3n) is 2.98. The first-order valence-corrected chi connectivity index (χ1v) is 6.22. The first-order chi connectivity index (χ1) is 8.49. The molecule has 102 valence electrons. The second-order valence-corrected chi connectivity index (χ2v) is 4.47. The largest absolute Gasteiger partial charge is 0.492 e. The summed E-state index contributed by atoms with van der Waals surface area (Å²) in [5, 5.41) is 9.50. The van der Waals surface area contributed by atoms with E-state index in [-0.39, 0.29) is 6.04 Å². The van der Waals surface area contributed by atoms with Crippen LogP contribution in [0.15, 0.2) is 9.59 Å². The quantitative estimate of drug-likeness (QED) is 0.765. The SMILES string of the molecule is CCCCCCC(C)n1c(O)c(F)c(=O)[nH]c1=O. The second kappa shape index (κ2) is 6.37. The van der Waals surface area contributed by atoms with Crippen molar-refractivity contribution in [1.29, 1.82) is 0 Å². The van der Waals surface area contributed by atoms with E-state index >= 15 is 0 Å². The Labute approximate surface area is 104 Å². The van der Waals surface area contributed by atoms with Gasteiger partial charge in [0.1, 0.15) is 0 Å². The van der Waals surface area contributed by atoms with Crippen LogP contribution in [-0.4, -0.2) is 14.7 Å². The average Bonchev–Trinajstić information content (AvgIpc) is 2.32. The third-order valence-corrected chi connectivity index (χ3v) is 2.98. The lowest BCUT2D eigenvalue weighted by Crippen LogP contribution is -2.33. The Bertz CT molecular complexity index is 507. The number of aromatic hydroxyl groups is 1. The topological polar surface area (TPSA) is 75.1 Å². The van der Waals surface area contributed by atoms with Crippen LogP contribution in [0.2, 0.25) is 0 Å². The van der Waals surface area contributed by atoms with Gasteiger partial charge in [-0.05, 0) is 13.3 Å². The van der Waals surface area contributed by atoms with Gasteiger partial charge in [0.25, 0.3) is 5.56 Å². The normalized spacial score (nSPS) is 12.6. The Morgan fingerprint density at radius 2 is 2.00 bits per heavy atom. The number of hydrogen-bond acceptors (Lipinski definition) is 3. The van der Waals surface area contributed by atoms with Crippen LogP contribution in [0.4, 0.5) is 4.39 Å². The van der Waals surface area contributed by atoms with E-state index in [1.807, 2.05) is 4.98 Å². The number of aromatic amines is 1. The maximum absolute atomic E-state index is 13.2. The van der Waals surface area contributed by atoms with Gasteiger partial charge in [-0.25, -0.2) is 4.79 Å². The van der Waals surface area contributed by atoms with Crippen LogP contribution >= 0.6 is 0 Å². The summed E-state index contributed by atoms with van der Waals surface area (Å²) >= 11 is 0. The first kappa shape index (κ1) is 14.5. The molecule has 5 nitrogen and oxygen atoms in total. The summed E-state index contributed by atoms with van der Waals surface area (Å²) in [6, 6.07) is -0.347. The number of halogens is 1. The molecule has 1 aromatic heterocycles. The van der Waals surface area contributed by atoms with E-state index in [4.69, 9.17) is 0 Å². The molecule has 2 N–H and O–H groups in total. The molecule has 0 saturated heterocycles. The molecule has 18 heavy (non-hydrogen) atoms. The number of rotatable bonds is 6. The van der Waals surface area contributed by atoms with Gasteiger partial charge in [0.2, 0.25) is 11.7 Å². The minimum Gasteiger partial charge on any atom is -0.492 e. The minimum absolute atomic E-state index is 0.347. The van der Waals surface area contributed by atoms with Gasteiger partial charge in [-0.15, -0.1) is 0 Å². The van der Waals surface area contributed by atoms with Crippen LogP contribution in [0.3, 0.4) is 0 Å². The molecule has 1 heterocycles. The minimum atomic E-state index is -1.31. The number of nitrogens with zero attached hydrogens (tertiary/aromatic N) is 1. The van der Waals surface area contributed by atoms with Gasteiger partial charge < -0.3 is 5.11 Å². The van der Waals surface area contributed by atoms with E-state index in [1.165, 1.54) is 0 Å². The molecule has 0 bridgehead atoms. The van der Waals surface area contributed by atoms with Crippen molar-refractivity contribution in [3.8, 4) is 5.88 Å². The summed E-state index contributed by atoms with van der Waals surface area (Å²) in [6.07, 6.45) is 4.78. The Kier molecular flexibility index (Phi) is 5.12. The predicted octanol–water partition coefficient (Wildman–Crippen LogP) is 1.91. The molecule has 0 fully saturated rings. The van der Waals surface area contributed by atoms with Crippen molar-refractivity contribution in [2.75, 3.05) is 0 Å². The number of unbranched alkanes of at least 4 members (excludes halogenated alkanes) is 3. The lowest BCUT2D eigenvalue weighted by Gasteiger charge is -2.16. The monoisotopic (exact) mass is 258 g/mol. The molecule has 0 saturated carbocycles. The highest BCUT2D eigenvalue weighted by Crippen LogP contribution is 2.19. The zero-order chi connectivity index (χ0) is 13.7. The highest BCUT2D eigenvalue weighted by Gasteiger charge is 2.17. The standard InChI is InChI=1S/C12H19FN2O3/c1-3-4-5-6-7-8(2)15-11(17)9(13)10(16)14-12(15)18/h8,17H,3-7H2,1-2H3,(H,14,16,18). The van der Waals surface area contributed by atoms with Gasteiger partial charge in [-0.2, -0.15) is 4.39 Å². The summed E-state index contributed by atoms with van der Waals surface area (Å²) in [4.78, 5) is 24.3. The van der Waals surface area contributed by atoms with Gasteiger partial charge in [0.15, 0.2) is 0 Å². The van der Waals surface area contributed by atoms with Gasteiger partial charge in [-0.1, -0.05) is 32.6 Å². The Morgan fingerprint density at radius 1 is 1.33 bits per heavy atom. The maximum atomic E-state index is 13.2. The molecule has 1 unspecified atom stereocenters. The van der Waals surface area contributed by atoms with E-state index in [0.717, 1.165) is 30.3 Å². The number of aromatic nitrogens is 2. The molecule has 0 spiro atoms. The lowest BCUT2D eigenvalue weighted by atomic mass is 10.1. The fraction of sp³-hybridized carbons (Fsp3) is 0.667. The number of nitrogens with one attached hydrogen (secondary N) is 1. The zero-order valence-corrected chi connectivity index (χ0v) is 10.7. The molecule has 1 atom stereocenters. The van der Waals surface area contributed by atoms with Crippen molar-refractivity contribution in [2.24, 2.45) is 0 Å². The Morgan fingerprint density at radius 3 is 2.61 bits per heavy atom. The fourth-order valence-electron chi connectivity index (χ4n) is 1.92. The molecule has 0 aliphatic heterocycles. The molecular formula is C12H19FN2O3. The van der Waals surface area contributed by atoms with E-state index in [1.54, 1.807) is 6.92 Å². The average molecular weight is 258 g/mol. The van der Waals surface area contributed by atoms with Crippen LogP contribution in [-0.2, 0) is 0 Å². The van der Waals surface area contributed by atoms with Gasteiger partial charge >= 0.3 is 5.69 Å². The number of hydrogen-bond donors (Lipinski definition) is 2. The molecule has 1 rings (SSSR count). The summed E-state index contributed by atoms with van der Waals surface area (Å²) in [6.45, 7) is 3.81. The second-order valence-electron chi connectivity index (χ2n) is 4.47. The first-order valence-electron chi connectivity index (χ1n) is 6.22. The zero-order valence-electron chi connectivity index (χ0n) is 10.7. The van der Waals surface area contributed by atoms with E-state index in [2.05, 4.69) is 6.92 Å². The van der Waals surface area contributed by atoms with Crippen LogP contribution in [0.25, 0.3) is 0 Å². The molecule has 6 heteroatoms. The van der Waals surface area contributed by atoms with Crippen molar-refractivity contribution in [1.82, 2.24) is 9.55 Å². The van der Waals surface area contributed by atoms with E-state index in [0.29, 0.717) is 6.42 Å². The van der Waals surface area contributed by atoms with Crippen LogP contribution in [0.1, 0.15) is 52.0 Å². The van der Waals surface area contributed by atoms with Crippen molar-refractivity contribution >= 4 is 0 Å². The molecule has 0 amide bonds. The van der Waals surface area contributed by atoms with Gasteiger partial charge in [0.05, 0.1) is 0 Å². The molecule has 0 radical (unpaired) electrons. The maximum Gasteiger partial charge on any atom is 0.331 e. The predicted molar refractivity (Wildman–Crippen MR) is 66.4 cm³/mol. The van der Waals surface area contributed by atoms with Crippen LogP contribution in [0, 0.1) is 5.82 Å². The third kappa shape index (κ3) is 3.21. The molecular weight excluding hydrogens is 239 g/mol. The summed E-state index contributed by atoms with van der Waals surface area (Å²) < 4.78 is 14.1.